The predicted molar refractivity (Wildman–Crippen MR) is 72.7 cm³/mol. The Morgan fingerprint density at radius 3 is 3.00 bits per heavy atom. The normalized spacial score (nSPS) is 19.5. The Hall–Kier alpha value is -1.26. The third kappa shape index (κ3) is 3.62. The molecule has 1 aliphatic heterocycles. The molecule has 0 aromatic heterocycles. The number of halogens is 1. The number of amides is 1. The van der Waals surface area contributed by atoms with Crippen LogP contribution < -0.4 is 11.1 Å². The number of nitrogens with two attached hydrogens (primary N) is 1. The van der Waals surface area contributed by atoms with Crippen LogP contribution in [0.2, 0.25) is 5.02 Å². The Bertz CT molecular complexity index is 431. The lowest BCUT2D eigenvalue weighted by molar-refractivity contribution is -0.119. The van der Waals surface area contributed by atoms with E-state index in [1.807, 2.05) is 0 Å². The smallest absolute Gasteiger partial charge is 0.226 e. The monoisotopic (exact) mass is 268 g/mol. The number of nitrogens with one attached hydrogen (secondary N) is 1. The van der Waals surface area contributed by atoms with Crippen LogP contribution >= 0.6 is 11.6 Å². The molecule has 1 aromatic rings. The second-order valence-corrected chi connectivity index (χ2v) is 4.88. The molecular weight excluding hydrogens is 252 g/mol. The summed E-state index contributed by atoms with van der Waals surface area (Å²) < 4.78 is 5.52. The zero-order valence-electron chi connectivity index (χ0n) is 10.1. The third-order valence-corrected chi connectivity index (χ3v) is 3.31. The molecule has 3 N–H and O–H groups in total. The zero-order chi connectivity index (χ0) is 13.0. The van der Waals surface area contributed by atoms with E-state index in [1.54, 1.807) is 18.2 Å². The molecule has 1 aromatic carbocycles. The number of anilines is 2. The molecule has 1 amide bonds. The number of rotatable bonds is 3. The summed E-state index contributed by atoms with van der Waals surface area (Å²) in [5, 5.41) is 3.29. The lowest BCUT2D eigenvalue weighted by Gasteiger charge is -2.21. The maximum atomic E-state index is 11.8. The van der Waals surface area contributed by atoms with Gasteiger partial charge in [-0.05, 0) is 37.5 Å². The first kappa shape index (κ1) is 13.2. The summed E-state index contributed by atoms with van der Waals surface area (Å²) in [6, 6.07) is 5.06. The van der Waals surface area contributed by atoms with Crippen molar-refractivity contribution in [1.82, 2.24) is 0 Å². The van der Waals surface area contributed by atoms with Crippen molar-refractivity contribution in [3.63, 3.8) is 0 Å². The summed E-state index contributed by atoms with van der Waals surface area (Å²) in [6.45, 7) is 0.756. The van der Waals surface area contributed by atoms with Crippen molar-refractivity contribution in [2.45, 2.75) is 31.8 Å². The van der Waals surface area contributed by atoms with E-state index in [1.165, 1.54) is 0 Å². The first-order valence-corrected chi connectivity index (χ1v) is 6.49. The number of benzene rings is 1. The van der Waals surface area contributed by atoms with Gasteiger partial charge in [0, 0.05) is 12.3 Å². The van der Waals surface area contributed by atoms with Crippen LogP contribution in [0.3, 0.4) is 0 Å². The van der Waals surface area contributed by atoms with Crippen molar-refractivity contribution in [2.75, 3.05) is 17.7 Å². The molecule has 1 heterocycles. The molecule has 98 valence electrons. The Kier molecular flexibility index (Phi) is 4.44. The SMILES string of the molecule is Nc1cc(NC(=O)CC2CCCCO2)ccc1Cl. The van der Waals surface area contributed by atoms with Crippen molar-refractivity contribution >= 4 is 28.9 Å². The van der Waals surface area contributed by atoms with Crippen LogP contribution in [0.15, 0.2) is 18.2 Å². The number of nitrogen functional groups attached to an aromatic ring is 1. The number of carbonyl (C=O) groups is 1. The summed E-state index contributed by atoms with van der Waals surface area (Å²) >= 11 is 5.82. The van der Waals surface area contributed by atoms with Gasteiger partial charge >= 0.3 is 0 Å². The van der Waals surface area contributed by atoms with Gasteiger partial charge < -0.3 is 15.8 Å². The van der Waals surface area contributed by atoms with E-state index in [0.29, 0.717) is 22.8 Å². The first-order chi connectivity index (χ1) is 8.65. The minimum Gasteiger partial charge on any atom is -0.397 e. The second-order valence-electron chi connectivity index (χ2n) is 4.48. The minimum absolute atomic E-state index is 0.0448. The third-order valence-electron chi connectivity index (χ3n) is 2.97. The largest absolute Gasteiger partial charge is 0.397 e. The average Bonchev–Trinajstić information content (AvgIpc) is 2.35. The molecule has 2 rings (SSSR count). The fraction of sp³-hybridized carbons (Fsp3) is 0.462. The van der Waals surface area contributed by atoms with Crippen LogP contribution in [0.5, 0.6) is 0 Å². The van der Waals surface area contributed by atoms with E-state index >= 15 is 0 Å². The van der Waals surface area contributed by atoms with Gasteiger partial charge in [-0.1, -0.05) is 11.6 Å². The van der Waals surface area contributed by atoms with E-state index in [9.17, 15) is 4.79 Å². The van der Waals surface area contributed by atoms with E-state index in [4.69, 9.17) is 22.1 Å². The Balaban J connectivity index is 1.88. The molecule has 18 heavy (non-hydrogen) atoms. The molecule has 0 bridgehead atoms. The summed E-state index contributed by atoms with van der Waals surface area (Å²) in [5.41, 5.74) is 6.80. The maximum Gasteiger partial charge on any atom is 0.226 e. The molecule has 0 spiro atoms. The fourth-order valence-corrected chi connectivity index (χ4v) is 2.13. The fourth-order valence-electron chi connectivity index (χ4n) is 2.01. The van der Waals surface area contributed by atoms with E-state index in [-0.39, 0.29) is 12.0 Å². The lowest BCUT2D eigenvalue weighted by Crippen LogP contribution is -2.25. The molecule has 0 saturated carbocycles. The summed E-state index contributed by atoms with van der Waals surface area (Å²) in [6.07, 6.45) is 3.61. The average molecular weight is 269 g/mol. The van der Waals surface area contributed by atoms with Crippen LogP contribution in [0.1, 0.15) is 25.7 Å². The molecule has 5 heteroatoms. The summed E-state index contributed by atoms with van der Waals surface area (Å²) in [7, 11) is 0. The number of hydrogen-bond donors (Lipinski definition) is 2. The molecule has 1 aliphatic rings. The molecular formula is C13H17ClN2O2. The van der Waals surface area contributed by atoms with Crippen LogP contribution in [0.4, 0.5) is 11.4 Å². The van der Waals surface area contributed by atoms with Gasteiger partial charge in [0.05, 0.1) is 23.2 Å². The van der Waals surface area contributed by atoms with Crippen LogP contribution in [0.25, 0.3) is 0 Å². The van der Waals surface area contributed by atoms with Crippen LogP contribution in [0, 0.1) is 0 Å². The van der Waals surface area contributed by atoms with Gasteiger partial charge in [-0.25, -0.2) is 0 Å². The predicted octanol–water partition coefficient (Wildman–Crippen LogP) is 2.82. The van der Waals surface area contributed by atoms with Crippen molar-refractivity contribution in [2.24, 2.45) is 0 Å². The molecule has 1 saturated heterocycles. The van der Waals surface area contributed by atoms with Crippen molar-refractivity contribution in [1.29, 1.82) is 0 Å². The Morgan fingerprint density at radius 2 is 2.33 bits per heavy atom. The topological polar surface area (TPSA) is 64.3 Å². The van der Waals surface area contributed by atoms with Gasteiger partial charge in [0.25, 0.3) is 0 Å². The minimum atomic E-state index is -0.0522. The van der Waals surface area contributed by atoms with Crippen molar-refractivity contribution < 1.29 is 9.53 Å². The standard InChI is InChI=1S/C13H17ClN2O2/c14-11-5-4-9(7-12(11)15)16-13(17)8-10-3-1-2-6-18-10/h4-5,7,10H,1-3,6,8,15H2,(H,16,17). The molecule has 4 nitrogen and oxygen atoms in total. The van der Waals surface area contributed by atoms with E-state index in [0.717, 1.165) is 25.9 Å². The van der Waals surface area contributed by atoms with Crippen LogP contribution in [-0.2, 0) is 9.53 Å². The van der Waals surface area contributed by atoms with Crippen LogP contribution in [-0.4, -0.2) is 18.6 Å². The quantitative estimate of drug-likeness (QED) is 0.829. The number of ether oxygens (including phenoxy) is 1. The second kappa shape index (κ2) is 6.07. The van der Waals surface area contributed by atoms with Crippen molar-refractivity contribution in [3.05, 3.63) is 23.2 Å². The first-order valence-electron chi connectivity index (χ1n) is 6.11. The van der Waals surface area contributed by atoms with Gasteiger partial charge in [-0.15, -0.1) is 0 Å². The lowest BCUT2D eigenvalue weighted by atomic mass is 10.1. The van der Waals surface area contributed by atoms with Gasteiger partial charge in [-0.3, -0.25) is 4.79 Å². The molecule has 0 radical (unpaired) electrons. The highest BCUT2D eigenvalue weighted by Crippen LogP contribution is 2.23. The van der Waals surface area contributed by atoms with Gasteiger partial charge in [-0.2, -0.15) is 0 Å². The highest BCUT2D eigenvalue weighted by Gasteiger charge is 2.17. The van der Waals surface area contributed by atoms with E-state index < -0.39 is 0 Å². The zero-order valence-corrected chi connectivity index (χ0v) is 10.9. The van der Waals surface area contributed by atoms with Gasteiger partial charge in [0.15, 0.2) is 0 Å². The van der Waals surface area contributed by atoms with Crippen molar-refractivity contribution in [3.8, 4) is 0 Å². The van der Waals surface area contributed by atoms with E-state index in [2.05, 4.69) is 5.32 Å². The summed E-state index contributed by atoms with van der Waals surface area (Å²) in [5.74, 6) is -0.0522. The number of hydrogen-bond acceptors (Lipinski definition) is 3. The molecule has 1 fully saturated rings. The molecule has 1 unspecified atom stereocenters. The maximum absolute atomic E-state index is 11.8. The highest BCUT2D eigenvalue weighted by atomic mass is 35.5. The highest BCUT2D eigenvalue weighted by molar-refractivity contribution is 6.33. The Morgan fingerprint density at radius 1 is 1.50 bits per heavy atom. The number of carbonyl (C=O) groups excluding carboxylic acids is 1. The van der Waals surface area contributed by atoms with Gasteiger partial charge in [0.1, 0.15) is 0 Å². The summed E-state index contributed by atoms with van der Waals surface area (Å²) in [4.78, 5) is 11.8. The van der Waals surface area contributed by atoms with Gasteiger partial charge in [0.2, 0.25) is 5.91 Å². The molecule has 0 aliphatic carbocycles. The Labute approximate surface area is 111 Å². The molecule has 1 atom stereocenters.